The molecule has 0 spiro atoms. The van der Waals surface area contributed by atoms with E-state index in [0.717, 1.165) is 0 Å². The van der Waals surface area contributed by atoms with E-state index in [4.69, 9.17) is 0 Å². The molecule has 0 radical (unpaired) electrons. The molecule has 1 heterocycles. The number of benzene rings is 1. The maximum absolute atomic E-state index is 3.85. The van der Waals surface area contributed by atoms with E-state index in [1.54, 1.807) is 11.3 Å². The molecular formula is C13H13NS. The number of nitrogens with one attached hydrogen (secondary N) is 1. The maximum Gasteiger partial charge on any atom is 0.0355 e. The largest absolute Gasteiger partial charge is 0.394 e. The Morgan fingerprint density at radius 3 is 2.87 bits per heavy atom. The van der Waals surface area contributed by atoms with Crippen molar-refractivity contribution in [1.29, 1.82) is 0 Å². The molecule has 0 bridgehead atoms. The molecule has 0 aliphatic heterocycles. The van der Waals surface area contributed by atoms with Gasteiger partial charge in [0.2, 0.25) is 0 Å². The highest BCUT2D eigenvalue weighted by molar-refractivity contribution is 7.20. The molecule has 1 aromatic carbocycles. The first kappa shape index (κ1) is 9.99. The summed E-state index contributed by atoms with van der Waals surface area (Å²) in [6.07, 6.45) is 5.96. The summed E-state index contributed by atoms with van der Waals surface area (Å²) in [5.74, 6) is 0. The Labute approximate surface area is 93.7 Å². The summed E-state index contributed by atoms with van der Waals surface area (Å²) < 4.78 is 1.31. The highest BCUT2D eigenvalue weighted by atomic mass is 32.1. The standard InChI is InChI=1S/C13H13NS/c1-3-12-11(8-9-14-2)10-6-4-5-7-13(10)15-12/h3-9,14H,1H2,2H3/b9-8-. The highest BCUT2D eigenvalue weighted by Crippen LogP contribution is 2.32. The second-order valence-corrected chi connectivity index (χ2v) is 4.29. The summed E-state index contributed by atoms with van der Waals surface area (Å²) in [6, 6.07) is 8.42. The van der Waals surface area contributed by atoms with Gasteiger partial charge >= 0.3 is 0 Å². The van der Waals surface area contributed by atoms with Crippen molar-refractivity contribution < 1.29 is 0 Å². The molecule has 1 aromatic heterocycles. The molecule has 0 aliphatic carbocycles. The van der Waals surface area contributed by atoms with Gasteiger partial charge in [-0.05, 0) is 18.3 Å². The van der Waals surface area contributed by atoms with Crippen LogP contribution in [0.1, 0.15) is 10.4 Å². The predicted octanol–water partition coefficient (Wildman–Crippen LogP) is 3.73. The molecule has 1 N–H and O–H groups in total. The summed E-state index contributed by atoms with van der Waals surface area (Å²) in [7, 11) is 1.90. The first-order valence-electron chi connectivity index (χ1n) is 4.84. The molecule has 2 heteroatoms. The predicted molar refractivity (Wildman–Crippen MR) is 70.0 cm³/mol. The van der Waals surface area contributed by atoms with Crippen LogP contribution >= 0.6 is 11.3 Å². The average molecular weight is 215 g/mol. The van der Waals surface area contributed by atoms with Crippen LogP contribution in [0, 0.1) is 0 Å². The van der Waals surface area contributed by atoms with Gasteiger partial charge in [-0.2, -0.15) is 0 Å². The number of hydrogen-bond acceptors (Lipinski definition) is 2. The van der Waals surface area contributed by atoms with E-state index in [1.165, 1.54) is 20.5 Å². The van der Waals surface area contributed by atoms with Crippen molar-refractivity contribution in [3.05, 3.63) is 47.5 Å². The molecule has 0 unspecified atom stereocenters. The Balaban J connectivity index is 2.66. The smallest absolute Gasteiger partial charge is 0.0355 e. The third kappa shape index (κ3) is 1.81. The number of rotatable bonds is 3. The summed E-state index contributed by atoms with van der Waals surface area (Å²) >= 11 is 1.78. The van der Waals surface area contributed by atoms with Crippen LogP contribution in [0.2, 0.25) is 0 Å². The summed E-state index contributed by atoms with van der Waals surface area (Å²) in [4.78, 5) is 1.22. The Kier molecular flexibility index (Phi) is 2.88. The van der Waals surface area contributed by atoms with Crippen molar-refractivity contribution >= 4 is 33.6 Å². The maximum atomic E-state index is 3.85. The average Bonchev–Trinajstić information content (AvgIpc) is 2.64. The van der Waals surface area contributed by atoms with Gasteiger partial charge in [0, 0.05) is 27.6 Å². The van der Waals surface area contributed by atoms with E-state index in [-0.39, 0.29) is 0 Å². The lowest BCUT2D eigenvalue weighted by Crippen LogP contribution is -1.90. The normalized spacial score (nSPS) is 11.0. The molecule has 0 saturated heterocycles. The van der Waals surface area contributed by atoms with Crippen LogP contribution in [0.25, 0.3) is 22.2 Å². The van der Waals surface area contributed by atoms with Gasteiger partial charge in [0.1, 0.15) is 0 Å². The summed E-state index contributed by atoms with van der Waals surface area (Å²) in [5, 5.41) is 4.31. The van der Waals surface area contributed by atoms with Crippen molar-refractivity contribution in [3.8, 4) is 0 Å². The van der Waals surface area contributed by atoms with E-state index in [2.05, 4.69) is 42.2 Å². The SMILES string of the molecule is C=Cc1sc2ccccc2c1/C=C\NC. The van der Waals surface area contributed by atoms with Crippen LogP contribution in [-0.2, 0) is 0 Å². The third-order valence-electron chi connectivity index (χ3n) is 2.26. The van der Waals surface area contributed by atoms with Gasteiger partial charge in [-0.1, -0.05) is 30.9 Å². The zero-order chi connectivity index (χ0) is 10.7. The molecule has 0 aliphatic rings. The lowest BCUT2D eigenvalue weighted by Gasteiger charge is -1.93. The zero-order valence-electron chi connectivity index (χ0n) is 8.66. The quantitative estimate of drug-likeness (QED) is 0.822. The van der Waals surface area contributed by atoms with Crippen molar-refractivity contribution in [3.63, 3.8) is 0 Å². The van der Waals surface area contributed by atoms with E-state index in [9.17, 15) is 0 Å². The van der Waals surface area contributed by atoms with Crippen molar-refractivity contribution in [2.24, 2.45) is 0 Å². The fraction of sp³-hybridized carbons (Fsp3) is 0.0769. The minimum Gasteiger partial charge on any atom is -0.394 e. The Morgan fingerprint density at radius 2 is 2.13 bits per heavy atom. The van der Waals surface area contributed by atoms with Crippen LogP contribution in [0.4, 0.5) is 0 Å². The monoisotopic (exact) mass is 215 g/mol. The number of fused-ring (bicyclic) bond motifs is 1. The van der Waals surface area contributed by atoms with Gasteiger partial charge in [0.15, 0.2) is 0 Å². The van der Waals surface area contributed by atoms with E-state index in [0.29, 0.717) is 0 Å². The molecule has 0 saturated carbocycles. The zero-order valence-corrected chi connectivity index (χ0v) is 9.47. The number of thiophene rings is 1. The first-order chi connectivity index (χ1) is 7.36. The Bertz CT molecular complexity index is 508. The minimum atomic E-state index is 1.22. The molecular weight excluding hydrogens is 202 g/mol. The summed E-state index contributed by atoms with van der Waals surface area (Å²) in [5.41, 5.74) is 1.25. The van der Waals surface area contributed by atoms with Crippen molar-refractivity contribution in [1.82, 2.24) is 5.32 Å². The fourth-order valence-electron chi connectivity index (χ4n) is 1.57. The molecule has 0 amide bonds. The molecule has 0 fully saturated rings. The molecule has 76 valence electrons. The van der Waals surface area contributed by atoms with E-state index < -0.39 is 0 Å². The summed E-state index contributed by atoms with van der Waals surface area (Å²) in [6.45, 7) is 3.85. The second-order valence-electron chi connectivity index (χ2n) is 3.20. The van der Waals surface area contributed by atoms with Crippen molar-refractivity contribution in [2.75, 3.05) is 7.05 Å². The van der Waals surface area contributed by atoms with E-state index >= 15 is 0 Å². The molecule has 15 heavy (non-hydrogen) atoms. The highest BCUT2D eigenvalue weighted by Gasteiger charge is 2.05. The van der Waals surface area contributed by atoms with Gasteiger partial charge in [-0.25, -0.2) is 0 Å². The minimum absolute atomic E-state index is 1.22. The van der Waals surface area contributed by atoms with Crippen LogP contribution in [-0.4, -0.2) is 7.05 Å². The molecule has 2 aromatic rings. The van der Waals surface area contributed by atoms with Crippen LogP contribution in [0.3, 0.4) is 0 Å². The lowest BCUT2D eigenvalue weighted by atomic mass is 10.1. The molecule has 0 atom stereocenters. The van der Waals surface area contributed by atoms with E-state index in [1.807, 2.05) is 19.3 Å². The first-order valence-corrected chi connectivity index (χ1v) is 5.66. The van der Waals surface area contributed by atoms with Gasteiger partial charge in [-0.3, -0.25) is 0 Å². The van der Waals surface area contributed by atoms with Crippen LogP contribution in [0.15, 0.2) is 37.0 Å². The van der Waals surface area contributed by atoms with Gasteiger partial charge in [0.25, 0.3) is 0 Å². The molecule has 2 rings (SSSR count). The Hall–Kier alpha value is -1.54. The topological polar surface area (TPSA) is 12.0 Å². The number of hydrogen-bond donors (Lipinski definition) is 1. The van der Waals surface area contributed by atoms with Crippen LogP contribution in [0.5, 0.6) is 0 Å². The Morgan fingerprint density at radius 1 is 1.33 bits per heavy atom. The third-order valence-corrected chi connectivity index (χ3v) is 3.45. The molecule has 1 nitrogen and oxygen atoms in total. The van der Waals surface area contributed by atoms with Gasteiger partial charge in [0.05, 0.1) is 0 Å². The van der Waals surface area contributed by atoms with Crippen LogP contribution < -0.4 is 5.32 Å². The van der Waals surface area contributed by atoms with Gasteiger partial charge in [-0.15, -0.1) is 11.3 Å². The second kappa shape index (κ2) is 4.32. The van der Waals surface area contributed by atoms with Gasteiger partial charge < -0.3 is 5.32 Å². The van der Waals surface area contributed by atoms with Crippen molar-refractivity contribution in [2.45, 2.75) is 0 Å². The fourth-order valence-corrected chi connectivity index (χ4v) is 2.62. The lowest BCUT2D eigenvalue weighted by molar-refractivity contribution is 1.11.